The van der Waals surface area contributed by atoms with Crippen LogP contribution in [0.3, 0.4) is 0 Å². The molecule has 4 atom stereocenters. The maximum atomic E-state index is 12.4. The van der Waals surface area contributed by atoms with Crippen molar-refractivity contribution in [3.63, 3.8) is 0 Å². The summed E-state index contributed by atoms with van der Waals surface area (Å²) in [7, 11) is 0. The molecule has 1 aliphatic heterocycles. The zero-order chi connectivity index (χ0) is 12.7. The minimum atomic E-state index is -0.373. The summed E-state index contributed by atoms with van der Waals surface area (Å²) in [6.07, 6.45) is 2.02. The highest BCUT2D eigenvalue weighted by molar-refractivity contribution is 6.02. The van der Waals surface area contributed by atoms with Crippen molar-refractivity contribution in [3.05, 3.63) is 11.1 Å². The van der Waals surface area contributed by atoms with E-state index in [2.05, 4.69) is 13.8 Å². The van der Waals surface area contributed by atoms with Gasteiger partial charge in [-0.2, -0.15) is 0 Å². The largest absolute Gasteiger partial charge is 0.347 e. The predicted octanol–water partition coefficient (Wildman–Crippen LogP) is 2.31. The van der Waals surface area contributed by atoms with Gasteiger partial charge < -0.3 is 9.47 Å². The molecule has 98 valence electrons. The van der Waals surface area contributed by atoms with Gasteiger partial charge in [-0.3, -0.25) is 4.79 Å². The molecule has 2 saturated carbocycles. The lowest BCUT2D eigenvalue weighted by atomic mass is 9.47. The Morgan fingerprint density at radius 1 is 1.17 bits per heavy atom. The molecule has 3 aliphatic carbocycles. The summed E-state index contributed by atoms with van der Waals surface area (Å²) in [6.45, 7) is 7.79. The summed E-state index contributed by atoms with van der Waals surface area (Å²) >= 11 is 0. The Morgan fingerprint density at radius 2 is 1.83 bits per heavy atom. The number of fused-ring (bicyclic) bond motifs is 5. The van der Waals surface area contributed by atoms with Gasteiger partial charge in [0.25, 0.3) is 0 Å². The topological polar surface area (TPSA) is 35.5 Å². The Labute approximate surface area is 108 Å². The third-order valence-electron chi connectivity index (χ3n) is 6.14. The lowest BCUT2D eigenvalue weighted by molar-refractivity contribution is -0.242. The molecule has 0 N–H and O–H groups in total. The molecule has 3 fully saturated rings. The molecule has 0 aromatic rings. The first-order valence-electron chi connectivity index (χ1n) is 7.01. The first-order chi connectivity index (χ1) is 8.51. The zero-order valence-electron chi connectivity index (χ0n) is 11.3. The average molecular weight is 248 g/mol. The smallest absolute Gasteiger partial charge is 0.172 e. The quantitative estimate of drug-likeness (QED) is 0.660. The van der Waals surface area contributed by atoms with Gasteiger partial charge in [0.15, 0.2) is 11.6 Å². The second kappa shape index (κ2) is 3.07. The van der Waals surface area contributed by atoms with E-state index in [4.69, 9.17) is 9.47 Å². The fraction of sp³-hybridized carbons (Fsp3) is 0.800. The van der Waals surface area contributed by atoms with Crippen LogP contribution in [0.25, 0.3) is 0 Å². The molecule has 3 heteroatoms. The van der Waals surface area contributed by atoms with Gasteiger partial charge in [0, 0.05) is 18.3 Å². The molecule has 4 aliphatic rings. The highest BCUT2D eigenvalue weighted by Crippen LogP contribution is 2.73. The van der Waals surface area contributed by atoms with E-state index in [0.717, 1.165) is 18.4 Å². The second-order valence-corrected chi connectivity index (χ2v) is 6.67. The SMILES string of the molecule is CC1=C(C)[C@H]2[C@@H]3C4(CC[C@]3(C)[C@H]2C1=O)OCCO4. The Kier molecular flexibility index (Phi) is 1.91. The maximum absolute atomic E-state index is 12.4. The third kappa shape index (κ3) is 0.958. The summed E-state index contributed by atoms with van der Waals surface area (Å²) in [5, 5.41) is 0. The van der Waals surface area contributed by atoms with Crippen LogP contribution in [0, 0.1) is 23.2 Å². The van der Waals surface area contributed by atoms with Crippen molar-refractivity contribution in [2.24, 2.45) is 23.2 Å². The van der Waals surface area contributed by atoms with Gasteiger partial charge >= 0.3 is 0 Å². The van der Waals surface area contributed by atoms with Crippen molar-refractivity contribution < 1.29 is 14.3 Å². The van der Waals surface area contributed by atoms with E-state index >= 15 is 0 Å². The Bertz CT molecular complexity index is 472. The number of carbonyl (C=O) groups is 1. The number of ketones is 1. The van der Waals surface area contributed by atoms with Gasteiger partial charge in [-0.05, 0) is 37.2 Å². The molecule has 0 unspecified atom stereocenters. The highest BCUT2D eigenvalue weighted by atomic mass is 16.7. The van der Waals surface area contributed by atoms with E-state index < -0.39 is 0 Å². The molecular formula is C15H20O3. The van der Waals surface area contributed by atoms with Crippen LogP contribution in [0.2, 0.25) is 0 Å². The van der Waals surface area contributed by atoms with E-state index in [-0.39, 0.29) is 17.1 Å². The van der Waals surface area contributed by atoms with Crippen molar-refractivity contribution in [3.8, 4) is 0 Å². The third-order valence-corrected chi connectivity index (χ3v) is 6.14. The Balaban J connectivity index is 1.79. The minimum Gasteiger partial charge on any atom is -0.347 e. The number of hydrogen-bond donors (Lipinski definition) is 0. The van der Waals surface area contributed by atoms with Gasteiger partial charge in [-0.25, -0.2) is 0 Å². The van der Waals surface area contributed by atoms with Gasteiger partial charge in [-0.1, -0.05) is 12.5 Å². The van der Waals surface area contributed by atoms with Crippen molar-refractivity contribution in [2.45, 2.75) is 39.4 Å². The summed E-state index contributed by atoms with van der Waals surface area (Å²) in [5.41, 5.74) is 2.38. The molecule has 18 heavy (non-hydrogen) atoms. The molecular weight excluding hydrogens is 228 g/mol. The van der Waals surface area contributed by atoms with E-state index in [1.807, 2.05) is 6.92 Å². The number of rotatable bonds is 0. The average Bonchev–Trinajstić information content (AvgIpc) is 2.93. The fourth-order valence-electron chi connectivity index (χ4n) is 5.21. The van der Waals surface area contributed by atoms with Crippen molar-refractivity contribution in [1.82, 2.24) is 0 Å². The van der Waals surface area contributed by atoms with Gasteiger partial charge in [0.05, 0.1) is 13.2 Å². The second-order valence-electron chi connectivity index (χ2n) is 6.67. The zero-order valence-corrected chi connectivity index (χ0v) is 11.3. The van der Waals surface area contributed by atoms with Crippen molar-refractivity contribution in [2.75, 3.05) is 13.2 Å². The maximum Gasteiger partial charge on any atom is 0.172 e. The molecule has 1 saturated heterocycles. The normalized spacial score (nSPS) is 48.6. The number of allylic oxidation sites excluding steroid dienone is 2. The summed E-state index contributed by atoms with van der Waals surface area (Å²) < 4.78 is 11.9. The molecule has 1 spiro atoms. The molecule has 0 bridgehead atoms. The van der Waals surface area contributed by atoms with Crippen LogP contribution in [0.15, 0.2) is 11.1 Å². The van der Waals surface area contributed by atoms with Crippen LogP contribution in [0.5, 0.6) is 0 Å². The van der Waals surface area contributed by atoms with Crippen LogP contribution < -0.4 is 0 Å². The van der Waals surface area contributed by atoms with Crippen LogP contribution in [-0.2, 0) is 14.3 Å². The first kappa shape index (κ1) is 11.2. The molecule has 0 amide bonds. The van der Waals surface area contributed by atoms with Crippen molar-refractivity contribution >= 4 is 5.78 Å². The Hall–Kier alpha value is -0.670. The van der Waals surface area contributed by atoms with Crippen LogP contribution in [-0.4, -0.2) is 24.8 Å². The highest BCUT2D eigenvalue weighted by Gasteiger charge is 2.75. The minimum absolute atomic E-state index is 0.102. The summed E-state index contributed by atoms with van der Waals surface area (Å²) in [5.74, 6) is 0.977. The fourth-order valence-corrected chi connectivity index (χ4v) is 5.21. The predicted molar refractivity (Wildman–Crippen MR) is 65.8 cm³/mol. The van der Waals surface area contributed by atoms with Crippen LogP contribution in [0.4, 0.5) is 0 Å². The number of hydrogen-bond acceptors (Lipinski definition) is 3. The van der Waals surface area contributed by atoms with Crippen LogP contribution >= 0.6 is 0 Å². The summed E-state index contributed by atoms with van der Waals surface area (Å²) in [4.78, 5) is 12.4. The van der Waals surface area contributed by atoms with E-state index in [1.54, 1.807) is 0 Å². The molecule has 4 rings (SSSR count). The number of Topliss-reactive ketones (excluding diaryl/α,β-unsaturated/α-hetero) is 1. The standard InChI is InChI=1S/C15H20O3/c1-8-9(2)12(16)11-10(8)13-14(11,3)4-5-15(13)17-6-7-18-15/h10-11,13H,4-7H2,1-3H3/t10-,11-,13+,14-/m1/s1. The lowest BCUT2D eigenvalue weighted by Crippen LogP contribution is -2.60. The molecule has 3 nitrogen and oxygen atoms in total. The monoisotopic (exact) mass is 248 g/mol. The summed E-state index contributed by atoms with van der Waals surface area (Å²) in [6, 6.07) is 0. The van der Waals surface area contributed by atoms with E-state index in [0.29, 0.717) is 30.8 Å². The Morgan fingerprint density at radius 3 is 2.50 bits per heavy atom. The lowest BCUT2D eigenvalue weighted by Gasteiger charge is -2.57. The molecule has 0 aromatic carbocycles. The van der Waals surface area contributed by atoms with Crippen LogP contribution in [0.1, 0.15) is 33.6 Å². The van der Waals surface area contributed by atoms with Gasteiger partial charge in [-0.15, -0.1) is 0 Å². The number of ether oxygens (including phenoxy) is 2. The van der Waals surface area contributed by atoms with E-state index in [9.17, 15) is 4.79 Å². The van der Waals surface area contributed by atoms with Crippen molar-refractivity contribution in [1.29, 1.82) is 0 Å². The van der Waals surface area contributed by atoms with E-state index in [1.165, 1.54) is 5.57 Å². The molecule has 0 radical (unpaired) electrons. The first-order valence-corrected chi connectivity index (χ1v) is 7.01. The van der Waals surface area contributed by atoms with Gasteiger partial charge in [0.1, 0.15) is 0 Å². The molecule has 0 aromatic heterocycles. The van der Waals surface area contributed by atoms with Gasteiger partial charge in [0.2, 0.25) is 0 Å². The number of carbonyl (C=O) groups excluding carboxylic acids is 1. The molecule has 1 heterocycles.